The van der Waals surface area contributed by atoms with Gasteiger partial charge in [-0.05, 0) is 74.8 Å². The van der Waals surface area contributed by atoms with Gasteiger partial charge in [0.05, 0.1) is 22.9 Å². The second-order valence-electron chi connectivity index (χ2n) is 8.79. The Morgan fingerprint density at radius 1 is 1.09 bits per heavy atom. The predicted octanol–water partition coefficient (Wildman–Crippen LogP) is 2.90. The summed E-state index contributed by atoms with van der Waals surface area (Å²) in [6.45, 7) is 3.83. The molecule has 0 bridgehead atoms. The molecule has 0 saturated carbocycles. The largest absolute Gasteiger partial charge is 0.371 e. The van der Waals surface area contributed by atoms with Gasteiger partial charge < -0.3 is 20.9 Å². The fraction of sp³-hybridized carbons (Fsp3) is 0.417. The zero-order valence-corrected chi connectivity index (χ0v) is 20.4. The van der Waals surface area contributed by atoms with Gasteiger partial charge in [-0.3, -0.25) is 9.59 Å². The fourth-order valence-corrected chi connectivity index (χ4v) is 5.95. The topological polar surface area (TPSA) is 108 Å². The van der Waals surface area contributed by atoms with Crippen LogP contribution in [0, 0.1) is 0 Å². The normalized spacial score (nSPS) is 18.1. The standard InChI is InChI=1S/C24H29ClN4O4S/c25-19-7-4-17(5-8-19)15-34(32,33)16-22-24(31)28-21-14-18(6-9-20(21)27-22)23(30)26-10-3-13-29-11-1-2-12-29/h4-9,14,22,27H,1-3,10-13,15-16H2,(H,26,30)(H,28,31)/t22-/m1/s1. The Morgan fingerprint density at radius 2 is 1.82 bits per heavy atom. The van der Waals surface area contributed by atoms with Crippen molar-refractivity contribution in [3.8, 4) is 0 Å². The van der Waals surface area contributed by atoms with Crippen LogP contribution in [-0.2, 0) is 20.4 Å². The number of carbonyl (C=O) groups is 2. The summed E-state index contributed by atoms with van der Waals surface area (Å²) in [5, 5.41) is 9.18. The first-order valence-corrected chi connectivity index (χ1v) is 13.7. The summed E-state index contributed by atoms with van der Waals surface area (Å²) in [6, 6.07) is 10.6. The number of benzene rings is 2. The van der Waals surface area contributed by atoms with Crippen LogP contribution < -0.4 is 16.0 Å². The van der Waals surface area contributed by atoms with E-state index in [1.807, 2.05) is 0 Å². The maximum atomic E-state index is 12.7. The number of halogens is 1. The van der Waals surface area contributed by atoms with Crippen LogP contribution in [0.15, 0.2) is 42.5 Å². The van der Waals surface area contributed by atoms with Crippen molar-refractivity contribution in [1.82, 2.24) is 10.2 Å². The summed E-state index contributed by atoms with van der Waals surface area (Å²) in [6.07, 6.45) is 3.38. The lowest BCUT2D eigenvalue weighted by atomic mass is 10.1. The van der Waals surface area contributed by atoms with E-state index >= 15 is 0 Å². The third kappa shape index (κ3) is 6.49. The van der Waals surface area contributed by atoms with Crippen molar-refractivity contribution in [1.29, 1.82) is 0 Å². The van der Waals surface area contributed by atoms with Gasteiger partial charge in [-0.2, -0.15) is 0 Å². The smallest absolute Gasteiger partial charge is 0.251 e. The molecule has 2 aliphatic heterocycles. The fourth-order valence-electron chi connectivity index (χ4n) is 4.27. The SMILES string of the molecule is O=C(NCCCN1CCCC1)c1ccc2c(c1)NC(=O)[C@@H](CS(=O)(=O)Cc1ccc(Cl)cc1)N2. The van der Waals surface area contributed by atoms with Crippen LogP contribution in [0.1, 0.15) is 35.2 Å². The molecule has 0 aromatic heterocycles. The molecule has 0 unspecified atom stereocenters. The number of hydrogen-bond donors (Lipinski definition) is 3. The number of likely N-dealkylation sites (tertiary alicyclic amines) is 1. The highest BCUT2D eigenvalue weighted by atomic mass is 35.5. The van der Waals surface area contributed by atoms with E-state index in [-0.39, 0.29) is 17.4 Å². The predicted molar refractivity (Wildman–Crippen MR) is 134 cm³/mol. The molecular formula is C24H29ClN4O4S. The lowest BCUT2D eigenvalue weighted by Crippen LogP contribution is -2.43. The summed E-state index contributed by atoms with van der Waals surface area (Å²) in [5.41, 5.74) is 2.09. The van der Waals surface area contributed by atoms with Gasteiger partial charge in [-0.1, -0.05) is 23.7 Å². The Morgan fingerprint density at radius 3 is 2.56 bits per heavy atom. The van der Waals surface area contributed by atoms with Crippen molar-refractivity contribution >= 4 is 44.6 Å². The Kier molecular flexibility index (Phi) is 7.75. The number of nitrogens with one attached hydrogen (secondary N) is 3. The van der Waals surface area contributed by atoms with Crippen molar-refractivity contribution in [2.24, 2.45) is 0 Å². The monoisotopic (exact) mass is 504 g/mol. The van der Waals surface area contributed by atoms with Gasteiger partial charge in [0.25, 0.3) is 5.91 Å². The summed E-state index contributed by atoms with van der Waals surface area (Å²) < 4.78 is 25.3. The Labute approximate surface area is 205 Å². The van der Waals surface area contributed by atoms with Crippen LogP contribution in [0.5, 0.6) is 0 Å². The average molecular weight is 505 g/mol. The molecule has 2 aromatic carbocycles. The van der Waals surface area contributed by atoms with E-state index in [0.29, 0.717) is 34.1 Å². The molecule has 8 nitrogen and oxygen atoms in total. The first kappa shape index (κ1) is 24.5. The Hall–Kier alpha value is -2.62. The molecule has 0 aliphatic carbocycles. The highest BCUT2D eigenvalue weighted by Gasteiger charge is 2.30. The van der Waals surface area contributed by atoms with E-state index in [9.17, 15) is 18.0 Å². The third-order valence-corrected chi connectivity index (χ3v) is 7.91. The zero-order valence-electron chi connectivity index (χ0n) is 18.8. The number of anilines is 2. The van der Waals surface area contributed by atoms with Gasteiger partial charge >= 0.3 is 0 Å². The van der Waals surface area contributed by atoms with Crippen molar-refractivity contribution in [3.05, 3.63) is 58.6 Å². The lowest BCUT2D eigenvalue weighted by Gasteiger charge is -2.27. The van der Waals surface area contributed by atoms with E-state index < -0.39 is 21.8 Å². The number of nitrogens with zero attached hydrogens (tertiary/aromatic N) is 1. The third-order valence-electron chi connectivity index (χ3n) is 6.04. The summed E-state index contributed by atoms with van der Waals surface area (Å²) in [4.78, 5) is 27.5. The molecular weight excluding hydrogens is 476 g/mol. The van der Waals surface area contributed by atoms with Crippen LogP contribution in [0.4, 0.5) is 11.4 Å². The van der Waals surface area contributed by atoms with Gasteiger partial charge in [-0.25, -0.2) is 8.42 Å². The molecule has 1 atom stereocenters. The number of hydrogen-bond acceptors (Lipinski definition) is 6. The maximum absolute atomic E-state index is 12.7. The molecule has 1 fully saturated rings. The average Bonchev–Trinajstić information content (AvgIpc) is 3.31. The van der Waals surface area contributed by atoms with Crippen molar-refractivity contribution in [2.45, 2.75) is 31.1 Å². The minimum atomic E-state index is -3.56. The molecule has 2 amide bonds. The van der Waals surface area contributed by atoms with Crippen molar-refractivity contribution in [3.63, 3.8) is 0 Å². The molecule has 4 rings (SSSR count). The molecule has 1 saturated heterocycles. The van der Waals surface area contributed by atoms with Gasteiger partial charge in [0.2, 0.25) is 5.91 Å². The molecule has 0 spiro atoms. The van der Waals surface area contributed by atoms with E-state index in [0.717, 1.165) is 26.1 Å². The Bertz CT molecular complexity index is 1150. The lowest BCUT2D eigenvalue weighted by molar-refractivity contribution is -0.116. The summed E-state index contributed by atoms with van der Waals surface area (Å²) in [5.74, 6) is -1.18. The Balaban J connectivity index is 1.32. The molecule has 10 heteroatoms. The molecule has 2 aliphatic rings. The van der Waals surface area contributed by atoms with E-state index in [2.05, 4.69) is 20.9 Å². The summed E-state index contributed by atoms with van der Waals surface area (Å²) in [7, 11) is -3.56. The highest BCUT2D eigenvalue weighted by molar-refractivity contribution is 7.90. The minimum absolute atomic E-state index is 0.181. The first-order valence-electron chi connectivity index (χ1n) is 11.5. The second-order valence-corrected chi connectivity index (χ2v) is 11.3. The number of carbonyl (C=O) groups excluding carboxylic acids is 2. The van der Waals surface area contributed by atoms with Gasteiger partial charge in [0.15, 0.2) is 9.84 Å². The van der Waals surface area contributed by atoms with Crippen LogP contribution in [-0.4, -0.2) is 63.1 Å². The number of rotatable bonds is 9. The molecule has 2 heterocycles. The van der Waals surface area contributed by atoms with E-state index in [1.165, 1.54) is 12.8 Å². The number of sulfone groups is 1. The number of fused-ring (bicyclic) bond motifs is 1. The first-order chi connectivity index (χ1) is 16.3. The van der Waals surface area contributed by atoms with Gasteiger partial charge in [0.1, 0.15) is 6.04 Å². The maximum Gasteiger partial charge on any atom is 0.251 e. The molecule has 34 heavy (non-hydrogen) atoms. The summed E-state index contributed by atoms with van der Waals surface area (Å²) >= 11 is 5.85. The van der Waals surface area contributed by atoms with E-state index in [4.69, 9.17) is 11.6 Å². The van der Waals surface area contributed by atoms with Gasteiger partial charge in [-0.15, -0.1) is 0 Å². The van der Waals surface area contributed by atoms with Crippen LogP contribution in [0.25, 0.3) is 0 Å². The van der Waals surface area contributed by atoms with E-state index in [1.54, 1.807) is 42.5 Å². The van der Waals surface area contributed by atoms with Crippen molar-refractivity contribution < 1.29 is 18.0 Å². The van der Waals surface area contributed by atoms with Crippen LogP contribution in [0.3, 0.4) is 0 Å². The highest BCUT2D eigenvalue weighted by Crippen LogP contribution is 2.28. The van der Waals surface area contributed by atoms with Gasteiger partial charge in [0, 0.05) is 17.1 Å². The zero-order chi connectivity index (χ0) is 24.1. The quantitative estimate of drug-likeness (QED) is 0.453. The molecule has 2 aromatic rings. The molecule has 3 N–H and O–H groups in total. The molecule has 182 valence electrons. The van der Waals surface area contributed by atoms with Crippen LogP contribution >= 0.6 is 11.6 Å². The van der Waals surface area contributed by atoms with Crippen molar-refractivity contribution in [2.75, 3.05) is 42.6 Å². The number of amides is 2. The van der Waals surface area contributed by atoms with Crippen LogP contribution in [0.2, 0.25) is 5.02 Å². The minimum Gasteiger partial charge on any atom is -0.371 e. The second kappa shape index (κ2) is 10.8. The molecule has 0 radical (unpaired) electrons.